The molecule has 0 aliphatic rings. The van der Waals surface area contributed by atoms with Gasteiger partial charge < -0.3 is 27.0 Å². The van der Waals surface area contributed by atoms with Crippen molar-refractivity contribution in [3.05, 3.63) is 30.3 Å². The average molecular weight is 309 g/mol. The van der Waals surface area contributed by atoms with Crippen molar-refractivity contribution in [1.82, 2.24) is 0 Å². The van der Waals surface area contributed by atoms with Crippen LogP contribution in [0.3, 0.4) is 0 Å². The van der Waals surface area contributed by atoms with Crippen molar-refractivity contribution >= 4 is 29.4 Å². The summed E-state index contributed by atoms with van der Waals surface area (Å²) in [6.45, 7) is 0. The predicted molar refractivity (Wildman–Crippen MR) is 74.6 cm³/mol. The third-order valence-electron chi connectivity index (χ3n) is 3.03. The first kappa shape index (κ1) is 17.1. The number of amides is 2. The maximum atomic E-state index is 12.2. The van der Waals surface area contributed by atoms with Gasteiger partial charge in [0.05, 0.1) is 12.3 Å². The third kappa shape index (κ3) is 3.58. The number of nitrogens with two attached hydrogens (primary N) is 2. The van der Waals surface area contributed by atoms with E-state index in [2.05, 4.69) is 5.32 Å². The van der Waals surface area contributed by atoms with Crippen molar-refractivity contribution in [1.29, 1.82) is 0 Å². The molecule has 0 spiro atoms. The Morgan fingerprint density at radius 1 is 1.14 bits per heavy atom. The molecule has 1 rings (SSSR count). The number of carbonyl (C=O) groups is 4. The number of anilines is 1. The highest BCUT2D eigenvalue weighted by Crippen LogP contribution is 2.22. The Kier molecular flexibility index (Phi) is 5.19. The summed E-state index contributed by atoms with van der Waals surface area (Å²) in [6.07, 6.45) is -0.986. The lowest BCUT2D eigenvalue weighted by Crippen LogP contribution is -2.65. The number of para-hydroxylation sites is 1. The lowest BCUT2D eigenvalue weighted by Gasteiger charge is -2.29. The van der Waals surface area contributed by atoms with E-state index < -0.39 is 41.6 Å². The zero-order valence-electron chi connectivity index (χ0n) is 11.4. The minimum atomic E-state index is -2.81. The molecular formula is C13H15N3O6. The molecule has 0 aliphatic heterocycles. The van der Waals surface area contributed by atoms with E-state index in [-0.39, 0.29) is 5.69 Å². The molecule has 1 aromatic rings. The van der Waals surface area contributed by atoms with Gasteiger partial charge in [-0.3, -0.25) is 14.4 Å². The smallest absolute Gasteiger partial charge is 0.334 e. The van der Waals surface area contributed by atoms with Crippen LogP contribution >= 0.6 is 0 Å². The lowest BCUT2D eigenvalue weighted by atomic mass is 9.80. The molecule has 2 amide bonds. The number of carboxylic acid groups (broad SMARTS) is 2. The molecule has 1 aromatic carbocycles. The number of carboxylic acids is 2. The maximum Gasteiger partial charge on any atom is 0.334 e. The van der Waals surface area contributed by atoms with Gasteiger partial charge in [-0.15, -0.1) is 0 Å². The highest BCUT2D eigenvalue weighted by Gasteiger charge is 2.53. The molecule has 9 nitrogen and oxygen atoms in total. The zero-order chi connectivity index (χ0) is 16.9. The number of benzene rings is 1. The summed E-state index contributed by atoms with van der Waals surface area (Å²) in [6, 6.07) is 7.77. The Labute approximate surface area is 124 Å². The first-order valence-electron chi connectivity index (χ1n) is 6.09. The van der Waals surface area contributed by atoms with Crippen LogP contribution in [0.15, 0.2) is 30.3 Å². The molecule has 0 radical (unpaired) electrons. The van der Waals surface area contributed by atoms with Crippen molar-refractivity contribution in [3.8, 4) is 0 Å². The summed E-state index contributed by atoms with van der Waals surface area (Å²) in [5.74, 6) is -7.81. The Morgan fingerprint density at radius 3 is 2.09 bits per heavy atom. The minimum Gasteiger partial charge on any atom is -0.481 e. The number of primary amides is 1. The van der Waals surface area contributed by atoms with Crippen LogP contribution < -0.4 is 16.8 Å². The molecule has 0 bridgehead atoms. The van der Waals surface area contributed by atoms with Crippen LogP contribution in [0, 0.1) is 5.92 Å². The molecule has 0 fully saturated rings. The molecule has 7 N–H and O–H groups in total. The van der Waals surface area contributed by atoms with Gasteiger partial charge in [0.15, 0.2) is 0 Å². The van der Waals surface area contributed by atoms with Gasteiger partial charge in [0.2, 0.25) is 11.4 Å². The number of carbonyl (C=O) groups excluding carboxylic acids is 2. The largest absolute Gasteiger partial charge is 0.481 e. The molecule has 118 valence electrons. The quantitative estimate of drug-likeness (QED) is 0.401. The van der Waals surface area contributed by atoms with Gasteiger partial charge >= 0.3 is 11.9 Å². The van der Waals surface area contributed by atoms with E-state index in [0.717, 1.165) is 0 Å². The van der Waals surface area contributed by atoms with Crippen molar-refractivity contribution in [2.75, 3.05) is 5.32 Å². The molecule has 0 aliphatic carbocycles. The summed E-state index contributed by atoms with van der Waals surface area (Å²) in [7, 11) is 0. The van der Waals surface area contributed by atoms with Crippen molar-refractivity contribution in [2.24, 2.45) is 17.4 Å². The molecular weight excluding hydrogens is 294 g/mol. The Morgan fingerprint density at radius 2 is 1.68 bits per heavy atom. The maximum absolute atomic E-state index is 12.2. The highest BCUT2D eigenvalue weighted by molar-refractivity contribution is 6.15. The van der Waals surface area contributed by atoms with Crippen LogP contribution in [0.5, 0.6) is 0 Å². The molecule has 2 unspecified atom stereocenters. The fourth-order valence-electron chi connectivity index (χ4n) is 1.82. The van der Waals surface area contributed by atoms with Crippen molar-refractivity contribution in [2.45, 2.75) is 12.0 Å². The Balaban J connectivity index is 3.17. The van der Waals surface area contributed by atoms with Crippen LogP contribution in [0.2, 0.25) is 0 Å². The number of hydrogen-bond acceptors (Lipinski definition) is 5. The number of nitrogens with one attached hydrogen (secondary N) is 1. The third-order valence-corrected chi connectivity index (χ3v) is 3.03. The second-order valence-corrected chi connectivity index (χ2v) is 4.55. The summed E-state index contributed by atoms with van der Waals surface area (Å²) >= 11 is 0. The summed E-state index contributed by atoms with van der Waals surface area (Å²) in [5.41, 5.74) is 8.00. The minimum absolute atomic E-state index is 0.238. The van der Waals surface area contributed by atoms with Gasteiger partial charge in [0, 0.05) is 5.69 Å². The van der Waals surface area contributed by atoms with Gasteiger partial charge in [-0.05, 0) is 12.1 Å². The van der Waals surface area contributed by atoms with Crippen LogP contribution in [0.1, 0.15) is 6.42 Å². The fourth-order valence-corrected chi connectivity index (χ4v) is 1.82. The van der Waals surface area contributed by atoms with Crippen LogP contribution in [0.4, 0.5) is 5.69 Å². The van der Waals surface area contributed by atoms with Crippen molar-refractivity contribution < 1.29 is 29.4 Å². The molecule has 0 saturated heterocycles. The number of rotatable bonds is 7. The van der Waals surface area contributed by atoms with Crippen LogP contribution in [0.25, 0.3) is 0 Å². The molecule has 22 heavy (non-hydrogen) atoms. The molecule has 0 aromatic heterocycles. The first-order valence-corrected chi connectivity index (χ1v) is 6.09. The van der Waals surface area contributed by atoms with Crippen LogP contribution in [-0.2, 0) is 19.2 Å². The van der Waals surface area contributed by atoms with E-state index in [1.54, 1.807) is 18.2 Å². The summed E-state index contributed by atoms with van der Waals surface area (Å²) < 4.78 is 0. The first-order chi connectivity index (χ1) is 10.2. The Hall–Kier alpha value is -2.94. The predicted octanol–water partition coefficient (Wildman–Crippen LogP) is -1.02. The highest BCUT2D eigenvalue weighted by atomic mass is 16.4. The zero-order valence-corrected chi connectivity index (χ0v) is 11.4. The van der Waals surface area contributed by atoms with Gasteiger partial charge in [-0.2, -0.15) is 0 Å². The van der Waals surface area contributed by atoms with Crippen LogP contribution in [-0.4, -0.2) is 39.5 Å². The molecule has 0 heterocycles. The topological polar surface area (TPSA) is 173 Å². The second kappa shape index (κ2) is 6.68. The average Bonchev–Trinajstić information content (AvgIpc) is 2.44. The fraction of sp³-hybridized carbons (Fsp3) is 0.231. The normalized spacial score (nSPS) is 14.4. The molecule has 9 heteroatoms. The number of hydrogen-bond donors (Lipinski definition) is 5. The van der Waals surface area contributed by atoms with E-state index in [1.165, 1.54) is 12.1 Å². The molecule has 2 atom stereocenters. The van der Waals surface area contributed by atoms with E-state index in [1.807, 2.05) is 0 Å². The number of aliphatic carboxylic acids is 2. The van der Waals surface area contributed by atoms with Gasteiger partial charge in [-0.25, -0.2) is 4.79 Å². The van der Waals surface area contributed by atoms with Crippen molar-refractivity contribution in [3.63, 3.8) is 0 Å². The van der Waals surface area contributed by atoms with E-state index in [4.69, 9.17) is 16.6 Å². The van der Waals surface area contributed by atoms with E-state index in [9.17, 15) is 24.3 Å². The van der Waals surface area contributed by atoms with Gasteiger partial charge in [0.1, 0.15) is 0 Å². The second-order valence-electron chi connectivity index (χ2n) is 4.55. The van der Waals surface area contributed by atoms with E-state index in [0.29, 0.717) is 0 Å². The molecule has 0 saturated carbocycles. The van der Waals surface area contributed by atoms with Gasteiger partial charge in [-0.1, -0.05) is 18.2 Å². The van der Waals surface area contributed by atoms with Gasteiger partial charge in [0.25, 0.3) is 5.91 Å². The monoisotopic (exact) mass is 309 g/mol. The lowest BCUT2D eigenvalue weighted by molar-refractivity contribution is -0.155. The van der Waals surface area contributed by atoms with E-state index >= 15 is 0 Å². The summed E-state index contributed by atoms with van der Waals surface area (Å²) in [4.78, 5) is 45.7. The SMILES string of the molecule is NC(=O)C(CC(=O)O)C(N)(C(=O)O)C(=O)Nc1ccccc1. The Bertz CT molecular complexity index is 603. The summed E-state index contributed by atoms with van der Waals surface area (Å²) in [5, 5.41) is 20.2. The standard InChI is InChI=1S/C13H15N3O6/c14-10(19)8(6-9(17)18)13(15,12(21)22)11(20)16-7-4-2-1-3-5-7/h1-5,8H,6,15H2,(H2,14,19)(H,16,20)(H,17,18)(H,21,22).